The molecule has 2 amide bonds. The Morgan fingerprint density at radius 1 is 1.00 bits per heavy atom. The molecule has 0 radical (unpaired) electrons. The van der Waals surface area contributed by atoms with Crippen molar-refractivity contribution >= 4 is 29.3 Å². The molecule has 1 heterocycles. The highest BCUT2D eigenvalue weighted by Crippen LogP contribution is 2.13. The van der Waals surface area contributed by atoms with E-state index in [9.17, 15) is 14.0 Å². The van der Waals surface area contributed by atoms with Crippen molar-refractivity contribution in [3.63, 3.8) is 0 Å². The van der Waals surface area contributed by atoms with Crippen LogP contribution in [-0.2, 0) is 7.05 Å². The Bertz CT molecular complexity index is 976. The number of rotatable bonds is 5. The van der Waals surface area contributed by atoms with Gasteiger partial charge in [0, 0.05) is 30.8 Å². The third-order valence-corrected chi connectivity index (χ3v) is 3.74. The summed E-state index contributed by atoms with van der Waals surface area (Å²) in [5.41, 5.74) is 1.88. The Balaban J connectivity index is 1.57. The summed E-state index contributed by atoms with van der Waals surface area (Å²) in [7, 11) is 1.76. The van der Waals surface area contributed by atoms with Crippen LogP contribution in [0.4, 0.5) is 20.6 Å². The van der Waals surface area contributed by atoms with E-state index in [0.29, 0.717) is 17.2 Å². The number of aryl methyl sites for hydroxylation is 1. The van der Waals surface area contributed by atoms with Gasteiger partial charge in [-0.1, -0.05) is 18.2 Å². The lowest BCUT2D eigenvalue weighted by atomic mass is 10.1. The molecule has 7 heteroatoms. The Morgan fingerprint density at radius 2 is 1.59 bits per heavy atom. The molecular weight excluding hydrogens is 347 g/mol. The third-order valence-electron chi connectivity index (χ3n) is 3.74. The highest BCUT2D eigenvalue weighted by Gasteiger charge is 2.07. The van der Waals surface area contributed by atoms with Gasteiger partial charge in [-0.3, -0.25) is 4.79 Å². The van der Waals surface area contributed by atoms with Crippen LogP contribution >= 0.6 is 0 Å². The molecule has 0 saturated heterocycles. The van der Waals surface area contributed by atoms with Crippen LogP contribution in [0.3, 0.4) is 0 Å². The van der Waals surface area contributed by atoms with E-state index in [1.165, 1.54) is 30.3 Å². The van der Waals surface area contributed by atoms with Crippen molar-refractivity contribution in [3.8, 4) is 0 Å². The number of carbonyl (C=O) groups excluding carboxylic acids is 2. The summed E-state index contributed by atoms with van der Waals surface area (Å²) in [5, 5.41) is 5.29. The minimum Gasteiger partial charge on any atom is -0.331 e. The topological polar surface area (TPSA) is 76.0 Å². The van der Waals surface area contributed by atoms with E-state index in [0.717, 1.165) is 5.56 Å². The van der Waals surface area contributed by atoms with Crippen LogP contribution in [0, 0.1) is 5.82 Å². The number of ketones is 1. The molecule has 1 aromatic heterocycles. The molecule has 0 saturated carbocycles. The standard InChI is InChI=1S/C20H17FN4O2/c1-25-13-12-22-19(25)18(26)11-4-14-2-7-16(8-3-14)23-20(27)24-17-9-5-15(21)6-10-17/h2-13H,1H3,(H2,23,24,27)/b11-4+. The van der Waals surface area contributed by atoms with Crippen molar-refractivity contribution in [2.24, 2.45) is 7.05 Å². The summed E-state index contributed by atoms with van der Waals surface area (Å²) in [6, 6.07) is 12.0. The smallest absolute Gasteiger partial charge is 0.323 e. The van der Waals surface area contributed by atoms with Gasteiger partial charge in [0.05, 0.1) is 0 Å². The number of imidazole rings is 1. The van der Waals surface area contributed by atoms with Crippen LogP contribution in [0.1, 0.15) is 16.2 Å². The van der Waals surface area contributed by atoms with Gasteiger partial charge in [-0.2, -0.15) is 0 Å². The summed E-state index contributed by atoms with van der Waals surface area (Å²) in [4.78, 5) is 28.0. The Hall–Kier alpha value is -3.74. The van der Waals surface area contributed by atoms with Crippen LogP contribution < -0.4 is 10.6 Å². The van der Waals surface area contributed by atoms with Gasteiger partial charge >= 0.3 is 6.03 Å². The van der Waals surface area contributed by atoms with Crippen molar-refractivity contribution in [1.82, 2.24) is 9.55 Å². The van der Waals surface area contributed by atoms with Crippen molar-refractivity contribution in [1.29, 1.82) is 0 Å². The zero-order valence-corrected chi connectivity index (χ0v) is 14.5. The lowest BCUT2D eigenvalue weighted by Crippen LogP contribution is -2.19. The highest BCUT2D eigenvalue weighted by molar-refractivity contribution is 6.04. The van der Waals surface area contributed by atoms with Gasteiger partial charge in [-0.05, 0) is 48.0 Å². The number of hydrogen-bond donors (Lipinski definition) is 2. The second kappa shape index (κ2) is 8.09. The number of aromatic nitrogens is 2. The Kier molecular flexibility index (Phi) is 5.41. The number of nitrogens with zero attached hydrogens (tertiary/aromatic N) is 2. The van der Waals surface area contributed by atoms with Crippen molar-refractivity contribution in [3.05, 3.63) is 84.2 Å². The molecule has 0 bridgehead atoms. The molecule has 0 atom stereocenters. The number of allylic oxidation sites excluding steroid dienone is 1. The van der Waals surface area contributed by atoms with E-state index < -0.39 is 6.03 Å². The Labute approximate surface area is 155 Å². The van der Waals surface area contributed by atoms with E-state index in [1.54, 1.807) is 54.3 Å². The molecule has 3 rings (SSSR count). The predicted molar refractivity (Wildman–Crippen MR) is 102 cm³/mol. The number of benzene rings is 2. The van der Waals surface area contributed by atoms with E-state index in [-0.39, 0.29) is 11.6 Å². The number of anilines is 2. The molecule has 0 spiro atoms. The quantitative estimate of drug-likeness (QED) is 0.529. The number of hydrogen-bond acceptors (Lipinski definition) is 3. The lowest BCUT2D eigenvalue weighted by Gasteiger charge is -2.07. The fraction of sp³-hybridized carbons (Fsp3) is 0.0500. The molecule has 0 aliphatic carbocycles. The summed E-state index contributed by atoms with van der Waals surface area (Å²) in [6.45, 7) is 0. The fourth-order valence-corrected chi connectivity index (χ4v) is 2.35. The number of amides is 2. The lowest BCUT2D eigenvalue weighted by molar-refractivity contribution is 0.103. The zero-order valence-electron chi connectivity index (χ0n) is 14.5. The minimum absolute atomic E-state index is 0.191. The van der Waals surface area contributed by atoms with Gasteiger partial charge in [0.1, 0.15) is 5.82 Å². The molecule has 27 heavy (non-hydrogen) atoms. The maximum absolute atomic E-state index is 12.9. The van der Waals surface area contributed by atoms with E-state index in [2.05, 4.69) is 15.6 Å². The van der Waals surface area contributed by atoms with Crippen LogP contribution in [0.25, 0.3) is 6.08 Å². The average Bonchev–Trinajstić information content (AvgIpc) is 3.09. The molecule has 0 aliphatic rings. The number of halogens is 1. The largest absolute Gasteiger partial charge is 0.331 e. The second-order valence-electron chi connectivity index (χ2n) is 5.77. The first-order chi connectivity index (χ1) is 13.0. The maximum Gasteiger partial charge on any atom is 0.323 e. The summed E-state index contributed by atoms with van der Waals surface area (Å²) in [5.74, 6) is -0.198. The van der Waals surface area contributed by atoms with Crippen molar-refractivity contribution in [2.45, 2.75) is 0 Å². The molecule has 0 aliphatic heterocycles. The molecular formula is C20H17FN4O2. The number of nitrogens with one attached hydrogen (secondary N) is 2. The summed E-state index contributed by atoms with van der Waals surface area (Å²) < 4.78 is 14.5. The summed E-state index contributed by atoms with van der Waals surface area (Å²) >= 11 is 0. The van der Waals surface area contributed by atoms with Gasteiger partial charge in [0.2, 0.25) is 5.78 Å². The van der Waals surface area contributed by atoms with Gasteiger partial charge in [-0.25, -0.2) is 14.2 Å². The molecule has 0 fully saturated rings. The molecule has 0 unspecified atom stereocenters. The first kappa shape index (κ1) is 18.1. The first-order valence-electron chi connectivity index (χ1n) is 8.14. The molecule has 6 nitrogen and oxygen atoms in total. The van der Waals surface area contributed by atoms with Crippen molar-refractivity contribution < 1.29 is 14.0 Å². The second-order valence-corrected chi connectivity index (χ2v) is 5.77. The van der Waals surface area contributed by atoms with Crippen LogP contribution in [0.15, 0.2) is 67.0 Å². The molecule has 2 N–H and O–H groups in total. The summed E-state index contributed by atoms with van der Waals surface area (Å²) in [6.07, 6.45) is 6.41. The van der Waals surface area contributed by atoms with Crippen LogP contribution in [-0.4, -0.2) is 21.4 Å². The van der Waals surface area contributed by atoms with E-state index in [4.69, 9.17) is 0 Å². The minimum atomic E-state index is -0.435. The van der Waals surface area contributed by atoms with Crippen molar-refractivity contribution in [2.75, 3.05) is 10.6 Å². The van der Waals surface area contributed by atoms with Gasteiger partial charge in [-0.15, -0.1) is 0 Å². The van der Waals surface area contributed by atoms with E-state index in [1.807, 2.05) is 0 Å². The molecule has 136 valence electrons. The fourth-order valence-electron chi connectivity index (χ4n) is 2.35. The van der Waals surface area contributed by atoms with Gasteiger partial charge in [0.15, 0.2) is 5.82 Å². The van der Waals surface area contributed by atoms with Gasteiger partial charge < -0.3 is 15.2 Å². The average molecular weight is 364 g/mol. The monoisotopic (exact) mass is 364 g/mol. The molecule has 3 aromatic rings. The number of urea groups is 1. The normalized spacial score (nSPS) is 10.7. The van der Waals surface area contributed by atoms with Crippen LogP contribution in [0.5, 0.6) is 0 Å². The highest BCUT2D eigenvalue weighted by atomic mass is 19.1. The Morgan fingerprint density at radius 3 is 2.15 bits per heavy atom. The molecule has 2 aromatic carbocycles. The first-order valence-corrected chi connectivity index (χ1v) is 8.14. The SMILES string of the molecule is Cn1ccnc1C(=O)/C=C/c1ccc(NC(=O)Nc2ccc(F)cc2)cc1. The third kappa shape index (κ3) is 4.88. The van der Waals surface area contributed by atoms with Crippen LogP contribution in [0.2, 0.25) is 0 Å². The predicted octanol–water partition coefficient (Wildman–Crippen LogP) is 4.10. The van der Waals surface area contributed by atoms with Gasteiger partial charge in [0.25, 0.3) is 0 Å². The van der Waals surface area contributed by atoms with E-state index >= 15 is 0 Å². The zero-order chi connectivity index (χ0) is 19.2. The number of carbonyl (C=O) groups is 2. The maximum atomic E-state index is 12.9.